The Hall–Kier alpha value is -3.90. The zero-order valence-electron chi connectivity index (χ0n) is 22.9. The van der Waals surface area contributed by atoms with Gasteiger partial charge in [0.2, 0.25) is 5.69 Å². The summed E-state index contributed by atoms with van der Waals surface area (Å²) in [7, 11) is 2.07. The van der Waals surface area contributed by atoms with Crippen LogP contribution in [0, 0.1) is 30.1 Å². The van der Waals surface area contributed by atoms with Crippen LogP contribution in [-0.2, 0) is 7.05 Å². The van der Waals surface area contributed by atoms with Crippen molar-refractivity contribution in [3.8, 4) is 28.5 Å². The lowest BCUT2D eigenvalue weighted by atomic mass is 9.66. The molecule has 2 saturated carbocycles. The van der Waals surface area contributed by atoms with Crippen molar-refractivity contribution in [3.63, 3.8) is 0 Å². The Labute approximate surface area is 230 Å². The van der Waals surface area contributed by atoms with Crippen molar-refractivity contribution in [1.29, 1.82) is 5.26 Å². The van der Waals surface area contributed by atoms with Crippen LogP contribution in [0.5, 0.6) is 0 Å². The minimum Gasteiger partial charge on any atom is -0.454 e. The Balaban J connectivity index is 1.33. The van der Waals surface area contributed by atoms with Gasteiger partial charge in [0.15, 0.2) is 6.20 Å². The van der Waals surface area contributed by atoms with E-state index in [0.717, 1.165) is 56.2 Å². The highest BCUT2D eigenvalue weighted by Crippen LogP contribution is 2.47. The first-order chi connectivity index (χ1) is 19.1. The molecular weight excluding hydrogens is 476 g/mol. The second kappa shape index (κ2) is 9.69. The van der Waals surface area contributed by atoms with Crippen molar-refractivity contribution in [2.45, 2.75) is 57.8 Å². The van der Waals surface area contributed by atoms with Crippen LogP contribution in [0.4, 0.5) is 0 Å². The summed E-state index contributed by atoms with van der Waals surface area (Å²) in [5.74, 6) is 2.54. The monoisotopic (exact) mass is 511 g/mol. The summed E-state index contributed by atoms with van der Waals surface area (Å²) in [6.07, 6.45) is 11.8. The van der Waals surface area contributed by atoms with Crippen molar-refractivity contribution in [1.82, 2.24) is 0 Å². The van der Waals surface area contributed by atoms with Gasteiger partial charge in [0, 0.05) is 28.5 Å². The first-order valence-corrected chi connectivity index (χ1v) is 14.6. The smallest absolute Gasteiger partial charge is 0.216 e. The van der Waals surface area contributed by atoms with Gasteiger partial charge in [-0.2, -0.15) is 5.26 Å². The van der Waals surface area contributed by atoms with E-state index in [4.69, 9.17) is 4.42 Å². The average molecular weight is 512 g/mol. The SMILES string of the molecule is Cc1ccc2c(oc3c(-c4ccc(C5CCC6CCCCC6C5)cc4)c(C#N)ccc32)c1-c1cccc[n+]1C. The van der Waals surface area contributed by atoms with E-state index in [0.29, 0.717) is 11.5 Å². The zero-order chi connectivity index (χ0) is 26.5. The van der Waals surface area contributed by atoms with Gasteiger partial charge in [0.1, 0.15) is 18.2 Å². The number of pyridine rings is 1. The van der Waals surface area contributed by atoms with E-state index in [2.05, 4.69) is 79.3 Å². The second-order valence-electron chi connectivity index (χ2n) is 11.8. The first kappa shape index (κ1) is 24.2. The molecule has 0 N–H and O–H groups in total. The van der Waals surface area contributed by atoms with E-state index in [9.17, 15) is 5.26 Å². The highest BCUT2D eigenvalue weighted by molar-refractivity contribution is 6.14. The van der Waals surface area contributed by atoms with E-state index in [1.807, 2.05) is 18.2 Å². The molecule has 3 nitrogen and oxygen atoms in total. The molecule has 0 radical (unpaired) electrons. The number of nitriles is 1. The third kappa shape index (κ3) is 4.05. The predicted molar refractivity (Wildman–Crippen MR) is 157 cm³/mol. The van der Waals surface area contributed by atoms with Crippen LogP contribution < -0.4 is 4.57 Å². The summed E-state index contributed by atoms with van der Waals surface area (Å²) < 4.78 is 8.88. The lowest BCUT2D eigenvalue weighted by Gasteiger charge is -2.39. The summed E-state index contributed by atoms with van der Waals surface area (Å²) in [6.45, 7) is 2.14. The molecule has 0 aliphatic heterocycles. The predicted octanol–water partition coefficient (Wildman–Crippen LogP) is 9.00. The van der Waals surface area contributed by atoms with Crippen molar-refractivity contribution in [2.75, 3.05) is 0 Å². The van der Waals surface area contributed by atoms with E-state index < -0.39 is 0 Å². The minimum atomic E-state index is 0.653. The van der Waals surface area contributed by atoms with Crippen LogP contribution in [0.15, 0.2) is 77.3 Å². The lowest BCUT2D eigenvalue weighted by Crippen LogP contribution is -2.30. The Morgan fingerprint density at radius 1 is 0.795 bits per heavy atom. The molecular formula is C36H35N2O+. The number of hydrogen-bond acceptors (Lipinski definition) is 2. The molecule has 3 heteroatoms. The zero-order valence-corrected chi connectivity index (χ0v) is 22.9. The maximum absolute atomic E-state index is 10.1. The molecule has 2 aliphatic rings. The molecule has 7 rings (SSSR count). The molecule has 0 saturated heterocycles. The van der Waals surface area contributed by atoms with Crippen molar-refractivity contribution in [3.05, 3.63) is 89.6 Å². The highest BCUT2D eigenvalue weighted by Gasteiger charge is 2.32. The molecule has 2 fully saturated rings. The molecule has 39 heavy (non-hydrogen) atoms. The summed E-state index contributed by atoms with van der Waals surface area (Å²) >= 11 is 0. The Kier molecular flexibility index (Phi) is 6.00. The quantitative estimate of drug-likeness (QED) is 0.227. The van der Waals surface area contributed by atoms with Gasteiger partial charge in [0.25, 0.3) is 0 Å². The molecule has 3 unspecified atom stereocenters. The number of aryl methyl sites for hydroxylation is 2. The van der Waals surface area contributed by atoms with Crippen LogP contribution in [0.25, 0.3) is 44.3 Å². The van der Waals surface area contributed by atoms with Gasteiger partial charge >= 0.3 is 0 Å². The van der Waals surface area contributed by atoms with E-state index in [1.54, 1.807) is 0 Å². The van der Waals surface area contributed by atoms with Gasteiger partial charge < -0.3 is 4.42 Å². The molecule has 3 aromatic carbocycles. The summed E-state index contributed by atoms with van der Waals surface area (Å²) in [6, 6.07) is 26.1. The molecule has 0 bridgehead atoms. The van der Waals surface area contributed by atoms with Gasteiger partial charge in [0.05, 0.1) is 17.2 Å². The van der Waals surface area contributed by atoms with Crippen LogP contribution in [-0.4, -0.2) is 0 Å². The number of hydrogen-bond donors (Lipinski definition) is 0. The van der Waals surface area contributed by atoms with Gasteiger partial charge in [-0.15, -0.1) is 0 Å². The fourth-order valence-electron chi connectivity index (χ4n) is 7.58. The third-order valence-electron chi connectivity index (χ3n) is 9.66. The standard InChI is InChI=1S/C36H35N2O/c1-23-10-18-30-31-19-17-29(22-37)34(36(31)39-35(30)33(23)32-9-5-6-20-38(32)2)26-14-11-25(12-15-26)28-16-13-24-7-3-4-8-27(24)21-28/h5-6,9-12,14-15,17-20,24,27-28H,3-4,7-8,13,16,21H2,1-2H3/q+1. The topological polar surface area (TPSA) is 40.8 Å². The average Bonchev–Trinajstić information content (AvgIpc) is 3.35. The number of benzene rings is 3. The van der Waals surface area contributed by atoms with Gasteiger partial charge in [-0.05, 0) is 78.8 Å². The Morgan fingerprint density at radius 2 is 1.54 bits per heavy atom. The van der Waals surface area contributed by atoms with Crippen LogP contribution in [0.1, 0.15) is 67.6 Å². The molecule has 0 amide bonds. The van der Waals surface area contributed by atoms with Gasteiger partial charge in [-0.1, -0.05) is 62.1 Å². The summed E-state index contributed by atoms with van der Waals surface area (Å²) in [4.78, 5) is 0. The molecule has 2 aromatic heterocycles. The van der Waals surface area contributed by atoms with Crippen molar-refractivity contribution >= 4 is 21.9 Å². The highest BCUT2D eigenvalue weighted by atomic mass is 16.3. The maximum atomic E-state index is 10.1. The fraction of sp³-hybridized carbons (Fsp3) is 0.333. The molecule has 3 atom stereocenters. The van der Waals surface area contributed by atoms with Gasteiger partial charge in [-0.25, -0.2) is 4.57 Å². The third-order valence-corrected chi connectivity index (χ3v) is 9.66. The molecule has 194 valence electrons. The maximum Gasteiger partial charge on any atom is 0.216 e. The van der Waals surface area contributed by atoms with Crippen LogP contribution in [0.2, 0.25) is 0 Å². The number of furan rings is 1. The molecule has 0 spiro atoms. The van der Waals surface area contributed by atoms with Crippen molar-refractivity contribution < 1.29 is 8.98 Å². The normalized spacial score (nSPS) is 21.1. The van der Waals surface area contributed by atoms with E-state index in [1.165, 1.54) is 56.1 Å². The van der Waals surface area contributed by atoms with E-state index in [-0.39, 0.29) is 0 Å². The number of nitrogens with zero attached hydrogens (tertiary/aromatic N) is 2. The Morgan fingerprint density at radius 3 is 2.31 bits per heavy atom. The summed E-state index contributed by atoms with van der Waals surface area (Å²) in [5.41, 5.74) is 9.11. The molecule has 2 heterocycles. The number of fused-ring (bicyclic) bond motifs is 4. The molecule has 5 aromatic rings. The number of rotatable bonds is 3. The molecule has 2 aliphatic carbocycles. The second-order valence-corrected chi connectivity index (χ2v) is 11.8. The summed E-state index contributed by atoms with van der Waals surface area (Å²) in [5, 5.41) is 12.2. The van der Waals surface area contributed by atoms with E-state index >= 15 is 0 Å². The fourth-order valence-corrected chi connectivity index (χ4v) is 7.58. The van der Waals surface area contributed by atoms with Crippen LogP contribution >= 0.6 is 0 Å². The number of aromatic nitrogens is 1. The van der Waals surface area contributed by atoms with Crippen molar-refractivity contribution in [2.24, 2.45) is 18.9 Å². The Bertz CT molecular complexity index is 1740. The lowest BCUT2D eigenvalue weighted by molar-refractivity contribution is -0.660. The van der Waals surface area contributed by atoms with Gasteiger partial charge in [-0.3, -0.25) is 0 Å². The van der Waals surface area contributed by atoms with Crippen LogP contribution in [0.3, 0.4) is 0 Å². The largest absolute Gasteiger partial charge is 0.454 e. The first-order valence-electron chi connectivity index (χ1n) is 14.6. The minimum absolute atomic E-state index is 0.653.